The number of aromatic nitrogens is 2. The van der Waals surface area contributed by atoms with E-state index in [0.717, 1.165) is 18.7 Å². The first-order valence-electron chi connectivity index (χ1n) is 8.58. The van der Waals surface area contributed by atoms with Gasteiger partial charge >= 0.3 is 0 Å². The summed E-state index contributed by atoms with van der Waals surface area (Å²) in [6, 6.07) is 7.14. The monoisotopic (exact) mass is 359 g/mol. The third-order valence-electron chi connectivity index (χ3n) is 4.56. The molecule has 4 rings (SSSR count). The predicted molar refractivity (Wildman–Crippen MR) is 91.4 cm³/mol. The summed E-state index contributed by atoms with van der Waals surface area (Å²) in [5, 5.41) is 7.00. The average Bonchev–Trinajstić information content (AvgIpc) is 3.39. The molecule has 1 unspecified atom stereocenters. The van der Waals surface area contributed by atoms with Crippen LogP contribution in [0.25, 0.3) is 0 Å². The highest BCUT2D eigenvalue weighted by atomic mass is 16.7. The Labute approximate surface area is 151 Å². The van der Waals surface area contributed by atoms with Crippen LogP contribution in [0.3, 0.4) is 0 Å². The number of hydrogen-bond acceptors (Lipinski definition) is 6. The number of ether oxygens (including phenoxy) is 4. The maximum atomic E-state index is 12.5. The first-order valence-corrected chi connectivity index (χ1v) is 8.58. The van der Waals surface area contributed by atoms with E-state index in [-0.39, 0.29) is 19.3 Å². The maximum absolute atomic E-state index is 12.5. The Bertz CT molecular complexity index is 791. The average molecular weight is 359 g/mol. The molecule has 0 aliphatic carbocycles. The van der Waals surface area contributed by atoms with Crippen LogP contribution in [0.2, 0.25) is 0 Å². The Balaban J connectivity index is 1.34. The van der Waals surface area contributed by atoms with Crippen molar-refractivity contribution in [1.82, 2.24) is 15.1 Å². The molecule has 1 atom stereocenters. The Kier molecular flexibility index (Phi) is 4.66. The van der Waals surface area contributed by atoms with Crippen molar-refractivity contribution in [3.8, 4) is 17.2 Å². The number of hydrogen-bond donors (Lipinski definition) is 1. The second-order valence-electron chi connectivity index (χ2n) is 6.44. The molecule has 0 spiro atoms. The van der Waals surface area contributed by atoms with Gasteiger partial charge in [0.1, 0.15) is 12.4 Å². The summed E-state index contributed by atoms with van der Waals surface area (Å²) >= 11 is 0. The zero-order valence-corrected chi connectivity index (χ0v) is 14.6. The van der Waals surface area contributed by atoms with E-state index in [9.17, 15) is 4.79 Å². The van der Waals surface area contributed by atoms with Gasteiger partial charge in [0.05, 0.1) is 12.3 Å². The number of nitrogens with zero attached hydrogens (tertiary/aromatic N) is 2. The van der Waals surface area contributed by atoms with Gasteiger partial charge in [-0.05, 0) is 24.6 Å². The van der Waals surface area contributed by atoms with Crippen molar-refractivity contribution < 1.29 is 23.7 Å². The first-order chi connectivity index (χ1) is 12.7. The lowest BCUT2D eigenvalue weighted by Gasteiger charge is -2.14. The van der Waals surface area contributed by atoms with Gasteiger partial charge in [-0.25, -0.2) is 0 Å². The van der Waals surface area contributed by atoms with E-state index < -0.39 is 0 Å². The lowest BCUT2D eigenvalue weighted by atomic mass is 10.1. The van der Waals surface area contributed by atoms with Crippen LogP contribution in [0.1, 0.15) is 22.6 Å². The number of aromatic amines is 1. The van der Waals surface area contributed by atoms with Gasteiger partial charge in [0.2, 0.25) is 6.79 Å². The van der Waals surface area contributed by atoms with Crippen LogP contribution < -0.4 is 14.2 Å². The van der Waals surface area contributed by atoms with Gasteiger partial charge in [0, 0.05) is 32.2 Å². The molecule has 138 valence electrons. The summed E-state index contributed by atoms with van der Waals surface area (Å²) in [5.41, 5.74) is 1.14. The smallest absolute Gasteiger partial charge is 0.274 e. The molecular weight excluding hydrogens is 338 g/mol. The molecule has 0 saturated carbocycles. The molecule has 0 radical (unpaired) electrons. The minimum absolute atomic E-state index is 0.0609. The fourth-order valence-corrected chi connectivity index (χ4v) is 3.22. The number of likely N-dealkylation sites (tertiary alicyclic amines) is 1. The van der Waals surface area contributed by atoms with Crippen molar-refractivity contribution in [1.29, 1.82) is 0 Å². The number of fused-ring (bicyclic) bond motifs is 1. The Hall–Kier alpha value is -2.74. The van der Waals surface area contributed by atoms with E-state index in [1.807, 2.05) is 17.0 Å². The molecule has 1 aromatic heterocycles. The van der Waals surface area contributed by atoms with Crippen molar-refractivity contribution >= 4 is 5.91 Å². The molecule has 1 N–H and O–H groups in total. The van der Waals surface area contributed by atoms with Crippen LogP contribution in [0.5, 0.6) is 17.2 Å². The quantitative estimate of drug-likeness (QED) is 0.847. The highest BCUT2D eigenvalue weighted by Crippen LogP contribution is 2.35. The minimum atomic E-state index is -0.0609. The molecule has 2 aliphatic heterocycles. The zero-order valence-electron chi connectivity index (χ0n) is 14.6. The largest absolute Gasteiger partial charge is 0.487 e. The van der Waals surface area contributed by atoms with Crippen LogP contribution in [0, 0.1) is 5.92 Å². The molecule has 3 heterocycles. The van der Waals surface area contributed by atoms with Gasteiger partial charge in [-0.15, -0.1) is 0 Å². The normalized spacial score (nSPS) is 18.3. The number of carbonyl (C=O) groups is 1. The lowest BCUT2D eigenvalue weighted by molar-refractivity contribution is 0.0769. The molecule has 2 aliphatic rings. The molecule has 8 nitrogen and oxygen atoms in total. The van der Waals surface area contributed by atoms with Crippen LogP contribution in [0.4, 0.5) is 0 Å². The van der Waals surface area contributed by atoms with Crippen molar-refractivity contribution in [2.24, 2.45) is 5.92 Å². The summed E-state index contributed by atoms with van der Waals surface area (Å²) in [6.07, 6.45) is 0.962. The van der Waals surface area contributed by atoms with E-state index in [1.54, 1.807) is 19.2 Å². The van der Waals surface area contributed by atoms with Gasteiger partial charge < -0.3 is 23.8 Å². The Morgan fingerprint density at radius 1 is 1.35 bits per heavy atom. The predicted octanol–water partition coefficient (Wildman–Crippen LogP) is 1.83. The number of rotatable bonds is 6. The van der Waals surface area contributed by atoms with E-state index >= 15 is 0 Å². The van der Waals surface area contributed by atoms with Crippen LogP contribution in [-0.2, 0) is 11.3 Å². The third-order valence-corrected chi connectivity index (χ3v) is 4.56. The fraction of sp³-hybridized carbons (Fsp3) is 0.444. The molecule has 1 amide bonds. The number of carbonyl (C=O) groups excluding carboxylic acids is 1. The van der Waals surface area contributed by atoms with Gasteiger partial charge in [-0.1, -0.05) is 0 Å². The van der Waals surface area contributed by atoms with Crippen LogP contribution >= 0.6 is 0 Å². The van der Waals surface area contributed by atoms with Crippen LogP contribution in [-0.4, -0.2) is 54.6 Å². The number of H-pyrrole nitrogens is 1. The third kappa shape index (κ3) is 3.45. The number of amides is 1. The molecule has 1 fully saturated rings. The highest BCUT2D eigenvalue weighted by Gasteiger charge is 2.28. The van der Waals surface area contributed by atoms with Gasteiger partial charge in [-0.3, -0.25) is 9.89 Å². The molecule has 0 bridgehead atoms. The van der Waals surface area contributed by atoms with Crippen molar-refractivity contribution in [2.75, 3.05) is 33.6 Å². The van der Waals surface area contributed by atoms with E-state index in [2.05, 4.69) is 10.2 Å². The summed E-state index contributed by atoms with van der Waals surface area (Å²) in [7, 11) is 1.69. The number of benzene rings is 1. The highest BCUT2D eigenvalue weighted by molar-refractivity contribution is 5.92. The second-order valence-corrected chi connectivity index (χ2v) is 6.44. The van der Waals surface area contributed by atoms with Gasteiger partial charge in [0.15, 0.2) is 17.2 Å². The van der Waals surface area contributed by atoms with Crippen molar-refractivity contribution in [3.63, 3.8) is 0 Å². The number of nitrogens with one attached hydrogen (secondary N) is 1. The Morgan fingerprint density at radius 3 is 3.12 bits per heavy atom. The lowest BCUT2D eigenvalue weighted by Crippen LogP contribution is -2.29. The molecule has 1 aromatic carbocycles. The Morgan fingerprint density at radius 2 is 2.23 bits per heavy atom. The SMILES string of the molecule is COCC1CCN(C(=O)c2cc(COc3ccc4c(c3)OCO4)[nH]n2)C1. The molecule has 1 saturated heterocycles. The summed E-state index contributed by atoms with van der Waals surface area (Å²) in [6.45, 7) is 2.64. The van der Waals surface area contributed by atoms with Gasteiger partial charge in [-0.2, -0.15) is 5.10 Å². The van der Waals surface area contributed by atoms with E-state index in [4.69, 9.17) is 18.9 Å². The topological polar surface area (TPSA) is 85.9 Å². The zero-order chi connectivity index (χ0) is 17.9. The summed E-state index contributed by atoms with van der Waals surface area (Å²) in [4.78, 5) is 14.4. The van der Waals surface area contributed by atoms with E-state index in [1.165, 1.54) is 0 Å². The molecule has 8 heteroatoms. The van der Waals surface area contributed by atoms with Crippen LogP contribution in [0.15, 0.2) is 24.3 Å². The maximum Gasteiger partial charge on any atom is 0.274 e. The first kappa shape index (κ1) is 16.7. The van der Waals surface area contributed by atoms with E-state index in [0.29, 0.717) is 42.0 Å². The number of methoxy groups -OCH3 is 1. The van der Waals surface area contributed by atoms with Crippen molar-refractivity contribution in [2.45, 2.75) is 13.0 Å². The summed E-state index contributed by atoms with van der Waals surface area (Å²) in [5.74, 6) is 2.39. The molecule has 26 heavy (non-hydrogen) atoms. The summed E-state index contributed by atoms with van der Waals surface area (Å²) < 4.78 is 21.5. The van der Waals surface area contributed by atoms with Crippen molar-refractivity contribution in [3.05, 3.63) is 35.7 Å². The standard InChI is InChI=1S/C18H21N3O5/c1-23-9-12-4-5-21(8-12)18(22)15-6-13(19-20-15)10-24-14-2-3-16-17(7-14)26-11-25-16/h2-3,6-7,12H,4-5,8-11H2,1H3,(H,19,20). The minimum Gasteiger partial charge on any atom is -0.487 e. The molecule has 2 aromatic rings. The fourth-order valence-electron chi connectivity index (χ4n) is 3.22. The van der Waals surface area contributed by atoms with Gasteiger partial charge in [0.25, 0.3) is 5.91 Å². The second kappa shape index (κ2) is 7.25. The molecular formula is C18H21N3O5.